The van der Waals surface area contributed by atoms with Crippen molar-refractivity contribution in [1.82, 2.24) is 14.9 Å². The maximum Gasteiger partial charge on any atom is 0.223 e. The van der Waals surface area contributed by atoms with E-state index in [0.29, 0.717) is 17.9 Å². The van der Waals surface area contributed by atoms with Crippen LogP contribution in [0.2, 0.25) is 0 Å². The lowest BCUT2D eigenvalue weighted by atomic mass is 9.89. The third kappa shape index (κ3) is 5.50. The number of aryl methyl sites for hydroxylation is 2. The average molecular weight is 458 g/mol. The van der Waals surface area contributed by atoms with E-state index >= 15 is 0 Å². The van der Waals surface area contributed by atoms with Crippen molar-refractivity contribution in [3.63, 3.8) is 0 Å². The van der Waals surface area contributed by atoms with E-state index in [0.717, 1.165) is 42.0 Å². The zero-order chi connectivity index (χ0) is 24.1. The number of ketones is 1. The van der Waals surface area contributed by atoms with Gasteiger partial charge in [-0.15, -0.1) is 0 Å². The number of likely N-dealkylation sites (tertiary alicyclic amines) is 1. The lowest BCUT2D eigenvalue weighted by Gasteiger charge is -2.33. The van der Waals surface area contributed by atoms with E-state index in [9.17, 15) is 9.59 Å². The van der Waals surface area contributed by atoms with Gasteiger partial charge < -0.3 is 9.64 Å². The number of piperidine rings is 1. The van der Waals surface area contributed by atoms with Gasteiger partial charge in [-0.3, -0.25) is 9.59 Å². The molecule has 6 heteroatoms. The summed E-state index contributed by atoms with van der Waals surface area (Å²) in [5.41, 5.74) is 4.92. The molecule has 2 aromatic carbocycles. The summed E-state index contributed by atoms with van der Waals surface area (Å²) in [5.74, 6) is 1.58. The number of Topliss-reactive ketones (excluding diaryl/α,β-unsaturated/α-hetero) is 1. The normalized spacial score (nSPS) is 15.7. The Bertz CT molecular complexity index is 1170. The van der Waals surface area contributed by atoms with Gasteiger partial charge in [0.25, 0.3) is 0 Å². The first-order valence-electron chi connectivity index (χ1n) is 11.8. The molecular formula is C28H31N3O3. The molecule has 1 aliphatic rings. The number of ether oxygens (including phenoxy) is 1. The first-order valence-corrected chi connectivity index (χ1v) is 11.8. The largest absolute Gasteiger partial charge is 0.497 e. The minimum atomic E-state index is -0.0299. The number of methoxy groups -OCH3 is 1. The summed E-state index contributed by atoms with van der Waals surface area (Å²) >= 11 is 0. The van der Waals surface area contributed by atoms with Crippen LogP contribution < -0.4 is 4.74 Å². The molecule has 1 atom stereocenters. The predicted octanol–water partition coefficient (Wildman–Crippen LogP) is 5.14. The molecule has 0 bridgehead atoms. The van der Waals surface area contributed by atoms with Crippen molar-refractivity contribution >= 4 is 11.7 Å². The Kier molecular flexibility index (Phi) is 7.36. The standard InChI is InChI=1S/C28H31N3O3/c1-19-6-4-7-22(16-19)25-17-29-20(2)30-28(25)23-8-5-15-31(18-23)27(33)14-13-26(32)21-9-11-24(34-3)12-10-21/h4,6-7,9-12,16-17,23H,5,8,13-15,18H2,1-3H3/t23-/m0/s1. The molecule has 0 N–H and O–H groups in total. The molecule has 0 saturated carbocycles. The first kappa shape index (κ1) is 23.6. The van der Waals surface area contributed by atoms with Gasteiger partial charge in [0.2, 0.25) is 5.91 Å². The lowest BCUT2D eigenvalue weighted by Crippen LogP contribution is -2.39. The summed E-state index contributed by atoms with van der Waals surface area (Å²) < 4.78 is 5.14. The molecule has 1 amide bonds. The van der Waals surface area contributed by atoms with Gasteiger partial charge in [0.1, 0.15) is 11.6 Å². The molecule has 0 radical (unpaired) electrons. The van der Waals surface area contributed by atoms with Crippen LogP contribution in [0.5, 0.6) is 5.75 Å². The summed E-state index contributed by atoms with van der Waals surface area (Å²) in [7, 11) is 1.59. The van der Waals surface area contributed by atoms with Crippen molar-refractivity contribution in [3.8, 4) is 16.9 Å². The summed E-state index contributed by atoms with van der Waals surface area (Å²) in [6.07, 6.45) is 4.21. The van der Waals surface area contributed by atoms with E-state index in [1.807, 2.05) is 24.1 Å². The first-order chi connectivity index (χ1) is 16.4. The molecule has 176 valence electrons. The number of aromatic nitrogens is 2. The molecule has 34 heavy (non-hydrogen) atoms. The van der Waals surface area contributed by atoms with Crippen LogP contribution in [0.4, 0.5) is 0 Å². The van der Waals surface area contributed by atoms with Gasteiger partial charge in [-0.2, -0.15) is 0 Å². The fourth-order valence-electron chi connectivity index (χ4n) is 4.56. The predicted molar refractivity (Wildman–Crippen MR) is 132 cm³/mol. The summed E-state index contributed by atoms with van der Waals surface area (Å²) in [6.45, 7) is 5.31. The van der Waals surface area contributed by atoms with Crippen molar-refractivity contribution in [2.24, 2.45) is 0 Å². The van der Waals surface area contributed by atoms with Crippen molar-refractivity contribution in [2.75, 3.05) is 20.2 Å². The van der Waals surface area contributed by atoms with Crippen LogP contribution in [-0.4, -0.2) is 46.8 Å². The Morgan fingerprint density at radius 3 is 2.62 bits per heavy atom. The van der Waals surface area contributed by atoms with E-state index < -0.39 is 0 Å². The molecule has 1 saturated heterocycles. The Balaban J connectivity index is 1.44. The van der Waals surface area contributed by atoms with E-state index in [1.54, 1.807) is 31.4 Å². The van der Waals surface area contributed by atoms with Crippen LogP contribution >= 0.6 is 0 Å². The minimum Gasteiger partial charge on any atom is -0.497 e. The number of hydrogen-bond acceptors (Lipinski definition) is 5. The number of hydrogen-bond donors (Lipinski definition) is 0. The molecule has 2 heterocycles. The van der Waals surface area contributed by atoms with Crippen molar-refractivity contribution in [1.29, 1.82) is 0 Å². The zero-order valence-electron chi connectivity index (χ0n) is 20.1. The van der Waals surface area contributed by atoms with Gasteiger partial charge in [-0.1, -0.05) is 29.8 Å². The van der Waals surface area contributed by atoms with E-state index in [-0.39, 0.29) is 30.4 Å². The maximum absolute atomic E-state index is 13.0. The number of rotatable bonds is 7. The fraction of sp³-hybridized carbons (Fsp3) is 0.357. The molecule has 1 aromatic heterocycles. The minimum absolute atomic E-state index is 0.0226. The second-order valence-corrected chi connectivity index (χ2v) is 8.92. The third-order valence-corrected chi connectivity index (χ3v) is 6.41. The van der Waals surface area contributed by atoms with Crippen LogP contribution in [0.3, 0.4) is 0 Å². The highest BCUT2D eigenvalue weighted by atomic mass is 16.5. The molecule has 3 aromatic rings. The van der Waals surface area contributed by atoms with Crippen LogP contribution in [0.15, 0.2) is 54.7 Å². The van der Waals surface area contributed by atoms with Gasteiger partial charge in [0.15, 0.2) is 5.78 Å². The molecular weight excluding hydrogens is 426 g/mol. The molecule has 4 rings (SSSR count). The zero-order valence-corrected chi connectivity index (χ0v) is 20.1. The highest BCUT2D eigenvalue weighted by Gasteiger charge is 2.28. The van der Waals surface area contributed by atoms with Gasteiger partial charge in [-0.05, 0) is 56.5 Å². The molecule has 0 unspecified atom stereocenters. The fourth-order valence-corrected chi connectivity index (χ4v) is 4.56. The SMILES string of the molecule is COc1ccc(C(=O)CCC(=O)N2CCC[C@H](c3nc(C)ncc3-c3cccc(C)c3)C2)cc1. The van der Waals surface area contributed by atoms with Crippen LogP contribution in [0.25, 0.3) is 11.1 Å². The highest BCUT2D eigenvalue weighted by Crippen LogP contribution is 2.33. The summed E-state index contributed by atoms with van der Waals surface area (Å²) in [4.78, 5) is 36.7. The van der Waals surface area contributed by atoms with Crippen molar-refractivity contribution in [3.05, 3.63) is 77.4 Å². The van der Waals surface area contributed by atoms with Gasteiger partial charge in [0, 0.05) is 49.2 Å². The number of carbonyl (C=O) groups is 2. The lowest BCUT2D eigenvalue weighted by molar-refractivity contribution is -0.132. The van der Waals surface area contributed by atoms with E-state index in [2.05, 4.69) is 30.1 Å². The monoisotopic (exact) mass is 457 g/mol. The summed E-state index contributed by atoms with van der Waals surface area (Å²) in [5, 5.41) is 0. The maximum atomic E-state index is 13.0. The molecule has 0 spiro atoms. The van der Waals surface area contributed by atoms with Gasteiger partial charge >= 0.3 is 0 Å². The second kappa shape index (κ2) is 10.6. The molecule has 1 fully saturated rings. The van der Waals surface area contributed by atoms with Crippen LogP contribution in [-0.2, 0) is 4.79 Å². The molecule has 1 aliphatic heterocycles. The Hall–Kier alpha value is -3.54. The van der Waals surface area contributed by atoms with Gasteiger partial charge in [-0.25, -0.2) is 9.97 Å². The number of carbonyl (C=O) groups excluding carboxylic acids is 2. The van der Waals surface area contributed by atoms with Crippen molar-refractivity contribution in [2.45, 2.75) is 45.4 Å². The van der Waals surface area contributed by atoms with E-state index in [4.69, 9.17) is 9.72 Å². The second-order valence-electron chi connectivity index (χ2n) is 8.92. The topological polar surface area (TPSA) is 72.4 Å². The Morgan fingerprint density at radius 2 is 1.88 bits per heavy atom. The van der Waals surface area contributed by atoms with Gasteiger partial charge in [0.05, 0.1) is 12.8 Å². The van der Waals surface area contributed by atoms with Crippen LogP contribution in [0, 0.1) is 13.8 Å². The van der Waals surface area contributed by atoms with E-state index in [1.165, 1.54) is 5.56 Å². The third-order valence-electron chi connectivity index (χ3n) is 6.41. The van der Waals surface area contributed by atoms with Crippen molar-refractivity contribution < 1.29 is 14.3 Å². The molecule has 6 nitrogen and oxygen atoms in total. The number of benzene rings is 2. The number of nitrogens with zero attached hydrogens (tertiary/aromatic N) is 3. The van der Waals surface area contributed by atoms with Crippen LogP contribution in [0.1, 0.15) is 59.0 Å². The Labute approximate surface area is 201 Å². The average Bonchev–Trinajstić information content (AvgIpc) is 2.87. The highest BCUT2D eigenvalue weighted by molar-refractivity contribution is 5.98. The smallest absolute Gasteiger partial charge is 0.223 e. The number of amides is 1. The molecule has 0 aliphatic carbocycles. The summed E-state index contributed by atoms with van der Waals surface area (Å²) in [6, 6.07) is 15.4. The quantitative estimate of drug-likeness (QED) is 0.460. The Morgan fingerprint density at radius 1 is 1.09 bits per heavy atom.